The average Bonchev–Trinajstić information content (AvgIpc) is 3.32. The van der Waals surface area contributed by atoms with Gasteiger partial charge in [0.2, 0.25) is 0 Å². The van der Waals surface area contributed by atoms with Crippen LogP contribution in [0.15, 0.2) is 42.5 Å². The van der Waals surface area contributed by atoms with Crippen molar-refractivity contribution in [2.24, 2.45) is 0 Å². The molecule has 5 nitrogen and oxygen atoms in total. The third-order valence-corrected chi connectivity index (χ3v) is 4.12. The summed E-state index contributed by atoms with van der Waals surface area (Å²) in [5.74, 6) is -0.00576. The second kappa shape index (κ2) is 6.98. The first-order valence-electron chi connectivity index (χ1n) is 7.84. The van der Waals surface area contributed by atoms with Crippen molar-refractivity contribution in [3.63, 3.8) is 0 Å². The zero-order valence-corrected chi connectivity index (χ0v) is 13.5. The summed E-state index contributed by atoms with van der Waals surface area (Å²) in [5, 5.41) is 0. The molecular formula is C18H22N2O3. The second-order valence-corrected chi connectivity index (χ2v) is 5.74. The van der Waals surface area contributed by atoms with Crippen LogP contribution in [0.5, 0.6) is 0 Å². The minimum absolute atomic E-state index is 0.00576. The first-order chi connectivity index (χ1) is 11.2. The zero-order valence-electron chi connectivity index (χ0n) is 13.5. The minimum atomic E-state index is -0.400. The maximum atomic E-state index is 12.8. The molecule has 0 unspecified atom stereocenters. The average molecular weight is 314 g/mol. The molecule has 5 heteroatoms. The molecule has 1 aromatic carbocycles. The van der Waals surface area contributed by atoms with Crippen molar-refractivity contribution < 1.29 is 14.3 Å². The predicted octanol–water partition coefficient (Wildman–Crippen LogP) is 2.91. The van der Waals surface area contributed by atoms with Crippen molar-refractivity contribution >= 4 is 5.91 Å². The molecule has 0 radical (unpaired) electrons. The molecule has 2 aromatic rings. The van der Waals surface area contributed by atoms with Gasteiger partial charge in [-0.2, -0.15) is 0 Å². The van der Waals surface area contributed by atoms with E-state index in [1.54, 1.807) is 14.2 Å². The SMILES string of the molecule is COC(CN(C(=O)c1ccc(-c2ccccc2)[nH]1)C1CC1)OC. The molecule has 1 fully saturated rings. The van der Waals surface area contributed by atoms with Gasteiger partial charge in [-0.25, -0.2) is 0 Å². The molecule has 122 valence electrons. The molecule has 0 spiro atoms. The van der Waals surface area contributed by atoms with Crippen LogP contribution in [0.1, 0.15) is 23.3 Å². The molecule has 3 rings (SSSR count). The number of carbonyl (C=O) groups is 1. The lowest BCUT2D eigenvalue weighted by atomic mass is 10.2. The van der Waals surface area contributed by atoms with Gasteiger partial charge in [-0.05, 0) is 30.5 Å². The van der Waals surface area contributed by atoms with Gasteiger partial charge in [0.05, 0.1) is 6.54 Å². The van der Waals surface area contributed by atoms with Crippen molar-refractivity contribution in [1.82, 2.24) is 9.88 Å². The van der Waals surface area contributed by atoms with Crippen LogP contribution in [-0.4, -0.2) is 48.9 Å². The van der Waals surface area contributed by atoms with Crippen LogP contribution in [0.2, 0.25) is 0 Å². The quantitative estimate of drug-likeness (QED) is 0.800. The fraction of sp³-hybridized carbons (Fsp3) is 0.389. The van der Waals surface area contributed by atoms with Crippen LogP contribution >= 0.6 is 0 Å². The molecule has 1 aliphatic rings. The summed E-state index contributed by atoms with van der Waals surface area (Å²) in [6.07, 6.45) is 1.68. The van der Waals surface area contributed by atoms with E-state index in [1.807, 2.05) is 47.4 Å². The summed E-state index contributed by atoms with van der Waals surface area (Å²) in [5.41, 5.74) is 2.61. The van der Waals surface area contributed by atoms with Gasteiger partial charge < -0.3 is 19.4 Å². The minimum Gasteiger partial charge on any atom is -0.354 e. The lowest BCUT2D eigenvalue weighted by Gasteiger charge is -2.25. The van der Waals surface area contributed by atoms with Crippen LogP contribution in [0, 0.1) is 0 Å². The number of hydrogen-bond acceptors (Lipinski definition) is 3. The molecule has 1 saturated carbocycles. The van der Waals surface area contributed by atoms with E-state index in [-0.39, 0.29) is 5.91 Å². The standard InChI is InChI=1S/C18H22N2O3/c1-22-17(23-2)12-20(14-8-9-14)18(21)16-11-10-15(19-16)13-6-4-3-5-7-13/h3-7,10-11,14,17,19H,8-9,12H2,1-2H3. The molecule has 0 bridgehead atoms. The lowest BCUT2D eigenvalue weighted by molar-refractivity contribution is -0.112. The molecule has 0 saturated heterocycles. The predicted molar refractivity (Wildman–Crippen MR) is 88.1 cm³/mol. The molecule has 1 amide bonds. The third kappa shape index (κ3) is 3.63. The van der Waals surface area contributed by atoms with E-state index in [0.717, 1.165) is 24.1 Å². The number of aromatic amines is 1. The van der Waals surface area contributed by atoms with Crippen molar-refractivity contribution in [2.75, 3.05) is 20.8 Å². The van der Waals surface area contributed by atoms with Gasteiger partial charge in [0, 0.05) is 26.0 Å². The van der Waals surface area contributed by atoms with E-state index in [4.69, 9.17) is 9.47 Å². The van der Waals surface area contributed by atoms with E-state index in [1.165, 1.54) is 0 Å². The Bertz CT molecular complexity index is 645. The first kappa shape index (κ1) is 15.8. The van der Waals surface area contributed by atoms with Crippen molar-refractivity contribution in [3.8, 4) is 11.3 Å². The Morgan fingerprint density at radius 3 is 2.48 bits per heavy atom. The number of ether oxygens (including phenoxy) is 2. The maximum absolute atomic E-state index is 12.8. The van der Waals surface area contributed by atoms with Gasteiger partial charge in [0.1, 0.15) is 5.69 Å². The van der Waals surface area contributed by atoms with Crippen LogP contribution in [0.3, 0.4) is 0 Å². The number of carbonyl (C=O) groups excluding carboxylic acids is 1. The summed E-state index contributed by atoms with van der Waals surface area (Å²) in [6.45, 7) is 0.441. The van der Waals surface area contributed by atoms with Crippen molar-refractivity contribution in [3.05, 3.63) is 48.2 Å². The molecular weight excluding hydrogens is 292 g/mol. The Hall–Kier alpha value is -2.11. The number of methoxy groups -OCH3 is 2. The van der Waals surface area contributed by atoms with Gasteiger partial charge in [-0.15, -0.1) is 0 Å². The van der Waals surface area contributed by atoms with Crippen molar-refractivity contribution in [2.45, 2.75) is 25.2 Å². The number of benzene rings is 1. The number of rotatable bonds is 7. The molecule has 23 heavy (non-hydrogen) atoms. The number of nitrogens with zero attached hydrogens (tertiary/aromatic N) is 1. The van der Waals surface area contributed by atoms with E-state index in [9.17, 15) is 4.79 Å². The number of aromatic nitrogens is 1. The topological polar surface area (TPSA) is 54.6 Å². The Kier molecular flexibility index (Phi) is 4.79. The van der Waals surface area contributed by atoms with Gasteiger partial charge in [0.15, 0.2) is 6.29 Å². The smallest absolute Gasteiger partial charge is 0.270 e. The molecule has 1 aliphatic carbocycles. The third-order valence-electron chi connectivity index (χ3n) is 4.12. The van der Waals surface area contributed by atoms with Gasteiger partial charge >= 0.3 is 0 Å². The Labute approximate surface area is 136 Å². The molecule has 0 aliphatic heterocycles. The maximum Gasteiger partial charge on any atom is 0.270 e. The molecule has 0 atom stereocenters. The highest BCUT2D eigenvalue weighted by Gasteiger charge is 2.35. The highest BCUT2D eigenvalue weighted by atomic mass is 16.7. The molecule has 1 heterocycles. The molecule has 1 N–H and O–H groups in total. The number of H-pyrrole nitrogens is 1. The summed E-state index contributed by atoms with van der Waals surface area (Å²) >= 11 is 0. The highest BCUT2D eigenvalue weighted by Crippen LogP contribution is 2.29. The van der Waals surface area contributed by atoms with Crippen LogP contribution in [0.25, 0.3) is 11.3 Å². The monoisotopic (exact) mass is 314 g/mol. The summed E-state index contributed by atoms with van der Waals surface area (Å²) in [4.78, 5) is 17.9. The van der Waals surface area contributed by atoms with E-state index in [2.05, 4.69) is 4.98 Å². The fourth-order valence-electron chi connectivity index (χ4n) is 2.65. The Morgan fingerprint density at radius 2 is 1.87 bits per heavy atom. The normalized spacial score (nSPS) is 14.2. The lowest BCUT2D eigenvalue weighted by Crippen LogP contribution is -2.40. The van der Waals surface area contributed by atoms with Crippen molar-refractivity contribution in [1.29, 1.82) is 0 Å². The van der Waals surface area contributed by atoms with Gasteiger partial charge in [-0.3, -0.25) is 4.79 Å². The van der Waals surface area contributed by atoms with Crippen LogP contribution < -0.4 is 0 Å². The number of nitrogens with one attached hydrogen (secondary N) is 1. The van der Waals surface area contributed by atoms with Gasteiger partial charge in [0.25, 0.3) is 5.91 Å². The van der Waals surface area contributed by atoms with Crippen LogP contribution in [0.4, 0.5) is 0 Å². The van der Waals surface area contributed by atoms with Gasteiger partial charge in [-0.1, -0.05) is 30.3 Å². The van der Waals surface area contributed by atoms with E-state index < -0.39 is 6.29 Å². The second-order valence-electron chi connectivity index (χ2n) is 5.74. The van der Waals surface area contributed by atoms with Crippen LogP contribution in [-0.2, 0) is 9.47 Å². The number of amides is 1. The largest absolute Gasteiger partial charge is 0.354 e. The molecule has 1 aromatic heterocycles. The summed E-state index contributed by atoms with van der Waals surface area (Å²) in [6, 6.07) is 14.1. The fourth-order valence-corrected chi connectivity index (χ4v) is 2.65. The van der Waals surface area contributed by atoms with E-state index in [0.29, 0.717) is 18.3 Å². The summed E-state index contributed by atoms with van der Waals surface area (Å²) < 4.78 is 10.5. The Morgan fingerprint density at radius 1 is 1.17 bits per heavy atom. The number of hydrogen-bond donors (Lipinski definition) is 1. The summed E-state index contributed by atoms with van der Waals surface area (Å²) in [7, 11) is 3.18. The van der Waals surface area contributed by atoms with E-state index >= 15 is 0 Å². The first-order valence-corrected chi connectivity index (χ1v) is 7.84. The zero-order chi connectivity index (χ0) is 16.2. The Balaban J connectivity index is 1.77. The highest BCUT2D eigenvalue weighted by molar-refractivity contribution is 5.93.